The van der Waals surface area contributed by atoms with Crippen molar-refractivity contribution in [2.45, 2.75) is 57.4 Å². The fourth-order valence-electron chi connectivity index (χ4n) is 7.71. The number of rotatable bonds is 6. The standard InChI is InChI=1S/C31H33N5O/c1-21-7-5-6-8-25(21)19-35-12-11-28(33-35)32-30(37)27-20-36(26-9-3-2-4-10-26)34-29(27)31-16-22-13-23(17-31)15-24(14-22)18-31/h2-12,20,22-24H,13-19H2,1H3,(H,32,33,37). The summed E-state index contributed by atoms with van der Waals surface area (Å²) < 4.78 is 3.78. The molecule has 6 heteroatoms. The average molecular weight is 492 g/mol. The zero-order chi connectivity index (χ0) is 25.0. The molecule has 8 rings (SSSR count). The van der Waals surface area contributed by atoms with Gasteiger partial charge in [0.05, 0.1) is 23.5 Å². The second-order valence-electron chi connectivity index (χ2n) is 11.6. The smallest absolute Gasteiger partial charge is 0.260 e. The van der Waals surface area contributed by atoms with Crippen LogP contribution in [0, 0.1) is 24.7 Å². The molecule has 37 heavy (non-hydrogen) atoms. The highest BCUT2D eigenvalue weighted by atomic mass is 16.1. The van der Waals surface area contributed by atoms with Crippen molar-refractivity contribution in [1.29, 1.82) is 0 Å². The van der Waals surface area contributed by atoms with E-state index in [1.165, 1.54) is 30.4 Å². The number of amides is 1. The third kappa shape index (κ3) is 4.08. The van der Waals surface area contributed by atoms with Crippen LogP contribution in [-0.4, -0.2) is 25.5 Å². The monoisotopic (exact) mass is 491 g/mol. The highest BCUT2D eigenvalue weighted by molar-refractivity contribution is 6.04. The first-order valence-corrected chi connectivity index (χ1v) is 13.6. The molecule has 4 fully saturated rings. The van der Waals surface area contributed by atoms with E-state index in [1.807, 2.05) is 70.3 Å². The van der Waals surface area contributed by atoms with E-state index < -0.39 is 0 Å². The van der Waals surface area contributed by atoms with E-state index in [0.717, 1.165) is 48.4 Å². The van der Waals surface area contributed by atoms with Gasteiger partial charge in [-0.1, -0.05) is 42.5 Å². The van der Waals surface area contributed by atoms with Gasteiger partial charge in [-0.05, 0) is 86.5 Å². The van der Waals surface area contributed by atoms with Crippen molar-refractivity contribution in [3.63, 3.8) is 0 Å². The molecule has 188 valence electrons. The van der Waals surface area contributed by atoms with Crippen molar-refractivity contribution in [2.75, 3.05) is 5.32 Å². The molecule has 4 bridgehead atoms. The van der Waals surface area contributed by atoms with Gasteiger partial charge >= 0.3 is 0 Å². The van der Waals surface area contributed by atoms with Crippen LogP contribution in [0.3, 0.4) is 0 Å². The van der Waals surface area contributed by atoms with Crippen molar-refractivity contribution in [2.24, 2.45) is 17.8 Å². The number of aryl methyl sites for hydroxylation is 1. The summed E-state index contributed by atoms with van der Waals surface area (Å²) in [5.41, 5.74) is 5.14. The Morgan fingerprint density at radius 2 is 1.59 bits per heavy atom. The lowest BCUT2D eigenvalue weighted by Crippen LogP contribution is -2.49. The minimum absolute atomic E-state index is 0.0195. The summed E-state index contributed by atoms with van der Waals surface area (Å²) in [6.45, 7) is 2.78. The molecular weight excluding hydrogens is 458 g/mol. The maximum atomic E-state index is 13.8. The first-order chi connectivity index (χ1) is 18.0. The number of nitrogens with one attached hydrogen (secondary N) is 1. The molecule has 1 N–H and O–H groups in total. The van der Waals surface area contributed by atoms with E-state index in [4.69, 9.17) is 5.10 Å². The van der Waals surface area contributed by atoms with Crippen LogP contribution in [0.5, 0.6) is 0 Å². The molecule has 0 unspecified atom stereocenters. The number of carbonyl (C=O) groups excluding carboxylic acids is 1. The van der Waals surface area contributed by atoms with Crippen molar-refractivity contribution >= 4 is 11.7 Å². The first kappa shape index (κ1) is 22.5. The van der Waals surface area contributed by atoms with Gasteiger partial charge in [-0.15, -0.1) is 0 Å². The predicted octanol–water partition coefficient (Wildman–Crippen LogP) is 6.15. The Kier molecular flexibility index (Phi) is 5.31. The number of hydrogen-bond acceptors (Lipinski definition) is 3. The number of hydrogen-bond donors (Lipinski definition) is 1. The predicted molar refractivity (Wildman–Crippen MR) is 144 cm³/mol. The van der Waals surface area contributed by atoms with Crippen LogP contribution in [0.15, 0.2) is 73.1 Å². The van der Waals surface area contributed by atoms with Gasteiger partial charge in [-0.25, -0.2) is 4.68 Å². The van der Waals surface area contributed by atoms with Crippen LogP contribution in [0.2, 0.25) is 0 Å². The van der Waals surface area contributed by atoms with Crippen LogP contribution in [0.1, 0.15) is 65.7 Å². The van der Waals surface area contributed by atoms with Gasteiger partial charge in [-0.2, -0.15) is 10.2 Å². The molecule has 4 aromatic rings. The molecule has 0 saturated heterocycles. The number of benzene rings is 2. The van der Waals surface area contributed by atoms with Gasteiger partial charge in [-0.3, -0.25) is 9.48 Å². The topological polar surface area (TPSA) is 64.7 Å². The average Bonchev–Trinajstić information content (AvgIpc) is 3.53. The van der Waals surface area contributed by atoms with Crippen molar-refractivity contribution < 1.29 is 4.79 Å². The molecule has 0 spiro atoms. The summed E-state index contributed by atoms with van der Waals surface area (Å²) in [5, 5.41) is 12.9. The van der Waals surface area contributed by atoms with Gasteiger partial charge in [0.25, 0.3) is 5.91 Å². The Morgan fingerprint density at radius 1 is 0.919 bits per heavy atom. The molecule has 0 atom stereocenters. The Balaban J connectivity index is 1.20. The maximum absolute atomic E-state index is 13.8. The molecule has 2 aromatic carbocycles. The fourth-order valence-corrected chi connectivity index (χ4v) is 7.71. The molecule has 4 saturated carbocycles. The van der Waals surface area contributed by atoms with Crippen molar-refractivity contribution in [3.05, 3.63) is 95.4 Å². The third-order valence-electron chi connectivity index (χ3n) is 9.00. The summed E-state index contributed by atoms with van der Waals surface area (Å²) in [7, 11) is 0. The van der Waals surface area contributed by atoms with E-state index in [9.17, 15) is 4.79 Å². The lowest BCUT2D eigenvalue weighted by atomic mass is 9.48. The lowest BCUT2D eigenvalue weighted by molar-refractivity contribution is -0.00765. The van der Waals surface area contributed by atoms with Gasteiger partial charge in [0, 0.05) is 23.9 Å². The quantitative estimate of drug-likeness (QED) is 0.352. The van der Waals surface area contributed by atoms with Crippen LogP contribution in [0.4, 0.5) is 5.82 Å². The molecule has 4 aliphatic carbocycles. The Morgan fingerprint density at radius 3 is 2.30 bits per heavy atom. The first-order valence-electron chi connectivity index (χ1n) is 13.6. The summed E-state index contributed by atoms with van der Waals surface area (Å²) in [5.74, 6) is 2.79. The van der Waals surface area contributed by atoms with Crippen LogP contribution < -0.4 is 5.32 Å². The normalized spacial score (nSPS) is 25.9. The molecule has 2 heterocycles. The van der Waals surface area contributed by atoms with Gasteiger partial charge in [0.1, 0.15) is 0 Å². The molecule has 4 aliphatic rings. The number of carbonyl (C=O) groups is 1. The summed E-state index contributed by atoms with van der Waals surface area (Å²) in [6.07, 6.45) is 11.4. The van der Waals surface area contributed by atoms with Crippen LogP contribution in [0.25, 0.3) is 5.69 Å². The highest BCUT2D eigenvalue weighted by Crippen LogP contribution is 2.60. The van der Waals surface area contributed by atoms with E-state index in [2.05, 4.69) is 29.5 Å². The van der Waals surface area contributed by atoms with E-state index in [1.54, 1.807) is 0 Å². The SMILES string of the molecule is Cc1ccccc1Cn1ccc(NC(=O)c2cn(-c3ccccc3)nc2C23CC4CC(CC(C4)C2)C3)n1. The minimum Gasteiger partial charge on any atom is -0.305 e. The number of aromatic nitrogens is 4. The Labute approximate surface area is 217 Å². The summed E-state index contributed by atoms with van der Waals surface area (Å²) in [4.78, 5) is 13.8. The Bertz CT molecular complexity index is 1410. The van der Waals surface area contributed by atoms with E-state index >= 15 is 0 Å². The van der Waals surface area contributed by atoms with Crippen molar-refractivity contribution in [1.82, 2.24) is 19.6 Å². The van der Waals surface area contributed by atoms with Crippen LogP contribution in [-0.2, 0) is 12.0 Å². The molecule has 0 aliphatic heterocycles. The molecule has 0 radical (unpaired) electrons. The molecule has 1 amide bonds. The van der Waals surface area contributed by atoms with E-state index in [-0.39, 0.29) is 11.3 Å². The second-order valence-corrected chi connectivity index (χ2v) is 11.6. The second kappa shape index (κ2) is 8.72. The molecule has 6 nitrogen and oxygen atoms in total. The largest absolute Gasteiger partial charge is 0.305 e. The third-order valence-corrected chi connectivity index (χ3v) is 9.00. The van der Waals surface area contributed by atoms with Gasteiger partial charge < -0.3 is 5.32 Å². The summed E-state index contributed by atoms with van der Waals surface area (Å²) >= 11 is 0. The number of anilines is 1. The lowest BCUT2D eigenvalue weighted by Gasteiger charge is -2.56. The van der Waals surface area contributed by atoms with Crippen LogP contribution >= 0.6 is 0 Å². The zero-order valence-corrected chi connectivity index (χ0v) is 21.3. The van der Waals surface area contributed by atoms with Gasteiger partial charge in [0.15, 0.2) is 5.82 Å². The minimum atomic E-state index is -0.117. The number of nitrogens with zero attached hydrogens (tertiary/aromatic N) is 4. The molecular formula is C31H33N5O. The number of para-hydroxylation sites is 1. The fraction of sp³-hybridized carbons (Fsp3) is 0.387. The van der Waals surface area contributed by atoms with Crippen molar-refractivity contribution in [3.8, 4) is 5.69 Å². The summed E-state index contributed by atoms with van der Waals surface area (Å²) in [6, 6.07) is 20.3. The zero-order valence-electron chi connectivity index (χ0n) is 21.3. The van der Waals surface area contributed by atoms with Gasteiger partial charge in [0.2, 0.25) is 0 Å². The molecule has 2 aromatic heterocycles. The Hall–Kier alpha value is -3.67. The highest BCUT2D eigenvalue weighted by Gasteiger charge is 2.54. The maximum Gasteiger partial charge on any atom is 0.260 e. The van der Waals surface area contributed by atoms with E-state index in [0.29, 0.717) is 17.9 Å².